The first-order chi connectivity index (χ1) is 6.83. The van der Waals surface area contributed by atoms with Crippen LogP contribution in [-0.4, -0.2) is 54.6 Å². The maximum absolute atomic E-state index is 12.4. The second-order valence-electron chi connectivity index (χ2n) is 4.01. The van der Waals surface area contributed by atoms with Gasteiger partial charge in [0.15, 0.2) is 5.60 Å². The lowest BCUT2D eigenvalue weighted by molar-refractivity contribution is -0.257. The van der Waals surface area contributed by atoms with Crippen molar-refractivity contribution in [2.45, 2.75) is 25.1 Å². The number of halogens is 3. The smallest absolute Gasteiger partial charge is 0.380 e. The predicted molar refractivity (Wildman–Crippen MR) is 48.6 cm³/mol. The van der Waals surface area contributed by atoms with Crippen molar-refractivity contribution in [3.05, 3.63) is 0 Å². The van der Waals surface area contributed by atoms with Gasteiger partial charge < -0.3 is 9.84 Å². The molecular weight excluding hydrogens is 211 g/mol. The van der Waals surface area contributed by atoms with E-state index >= 15 is 0 Å². The van der Waals surface area contributed by atoms with Gasteiger partial charge in [0.2, 0.25) is 0 Å². The Bertz CT molecular complexity index is 198. The Morgan fingerprint density at radius 1 is 1.27 bits per heavy atom. The minimum Gasteiger partial charge on any atom is -0.380 e. The summed E-state index contributed by atoms with van der Waals surface area (Å²) >= 11 is 0. The van der Waals surface area contributed by atoms with Crippen molar-refractivity contribution in [2.75, 3.05) is 32.8 Å². The summed E-state index contributed by atoms with van der Waals surface area (Å²) in [6.45, 7) is 2.38. The Morgan fingerprint density at radius 3 is 2.53 bits per heavy atom. The van der Waals surface area contributed by atoms with Crippen molar-refractivity contribution < 1.29 is 23.0 Å². The molecular formula is C9H16F3NO2. The van der Waals surface area contributed by atoms with E-state index in [1.807, 2.05) is 0 Å². The van der Waals surface area contributed by atoms with E-state index in [1.54, 1.807) is 4.90 Å². The van der Waals surface area contributed by atoms with Crippen molar-refractivity contribution >= 4 is 0 Å². The van der Waals surface area contributed by atoms with Gasteiger partial charge in [0, 0.05) is 26.2 Å². The zero-order valence-corrected chi connectivity index (χ0v) is 8.68. The molecule has 90 valence electrons. The number of aliphatic hydroxyl groups is 1. The molecule has 0 bridgehead atoms. The van der Waals surface area contributed by atoms with E-state index in [0.29, 0.717) is 32.7 Å². The number of rotatable bonds is 2. The maximum Gasteiger partial charge on any atom is 0.418 e. The molecule has 1 aliphatic heterocycles. The Balaban J connectivity index is 2.51. The zero-order chi connectivity index (χ0) is 11.5. The van der Waals surface area contributed by atoms with Gasteiger partial charge in [-0.15, -0.1) is 0 Å². The van der Waals surface area contributed by atoms with Gasteiger partial charge in [0.1, 0.15) is 0 Å². The van der Waals surface area contributed by atoms with Gasteiger partial charge in [-0.25, -0.2) is 0 Å². The SMILES string of the molecule is C[C@](O)(CN1CCCOCC1)C(F)(F)F. The molecule has 3 nitrogen and oxygen atoms in total. The highest BCUT2D eigenvalue weighted by Gasteiger charge is 2.50. The molecule has 0 aromatic heterocycles. The summed E-state index contributed by atoms with van der Waals surface area (Å²) in [7, 11) is 0. The third-order valence-electron chi connectivity index (χ3n) is 2.46. The number of alkyl halides is 3. The van der Waals surface area contributed by atoms with E-state index in [2.05, 4.69) is 0 Å². The number of hydrogen-bond acceptors (Lipinski definition) is 3. The Hall–Kier alpha value is -0.330. The van der Waals surface area contributed by atoms with E-state index in [-0.39, 0.29) is 6.54 Å². The average molecular weight is 227 g/mol. The lowest BCUT2D eigenvalue weighted by atomic mass is 10.1. The highest BCUT2D eigenvalue weighted by atomic mass is 19.4. The van der Waals surface area contributed by atoms with Gasteiger partial charge in [-0.1, -0.05) is 0 Å². The van der Waals surface area contributed by atoms with Crippen LogP contribution in [0, 0.1) is 0 Å². The van der Waals surface area contributed by atoms with Gasteiger partial charge in [-0.2, -0.15) is 13.2 Å². The summed E-state index contributed by atoms with van der Waals surface area (Å²) in [5.74, 6) is 0. The minimum absolute atomic E-state index is 0.389. The van der Waals surface area contributed by atoms with Crippen LogP contribution in [0.2, 0.25) is 0 Å². The number of hydrogen-bond donors (Lipinski definition) is 1. The van der Waals surface area contributed by atoms with Gasteiger partial charge >= 0.3 is 6.18 Å². The molecule has 1 fully saturated rings. The lowest BCUT2D eigenvalue weighted by Crippen LogP contribution is -2.51. The molecule has 0 spiro atoms. The van der Waals surface area contributed by atoms with Crippen LogP contribution in [0.25, 0.3) is 0 Å². The molecule has 0 aromatic rings. The topological polar surface area (TPSA) is 32.7 Å². The van der Waals surface area contributed by atoms with Crippen molar-refractivity contribution in [1.82, 2.24) is 4.90 Å². The first-order valence-electron chi connectivity index (χ1n) is 4.92. The van der Waals surface area contributed by atoms with Crippen LogP contribution in [0.5, 0.6) is 0 Å². The van der Waals surface area contributed by atoms with Crippen LogP contribution in [0.4, 0.5) is 13.2 Å². The Labute approximate surface area is 86.8 Å². The quantitative estimate of drug-likeness (QED) is 0.764. The van der Waals surface area contributed by atoms with E-state index in [1.165, 1.54) is 0 Å². The number of nitrogens with zero attached hydrogens (tertiary/aromatic N) is 1. The first-order valence-corrected chi connectivity index (χ1v) is 4.92. The van der Waals surface area contributed by atoms with Gasteiger partial charge in [-0.05, 0) is 13.3 Å². The minimum atomic E-state index is -4.58. The summed E-state index contributed by atoms with van der Waals surface area (Å²) < 4.78 is 42.3. The van der Waals surface area contributed by atoms with Gasteiger partial charge in [-0.3, -0.25) is 4.90 Å². The molecule has 0 aliphatic carbocycles. The summed E-state index contributed by atoms with van der Waals surface area (Å²) in [5, 5.41) is 9.29. The number of ether oxygens (including phenoxy) is 1. The lowest BCUT2D eigenvalue weighted by Gasteiger charge is -2.32. The zero-order valence-electron chi connectivity index (χ0n) is 8.68. The third-order valence-corrected chi connectivity index (χ3v) is 2.46. The monoisotopic (exact) mass is 227 g/mol. The van der Waals surface area contributed by atoms with Crippen LogP contribution < -0.4 is 0 Å². The van der Waals surface area contributed by atoms with Crippen molar-refractivity contribution in [3.63, 3.8) is 0 Å². The molecule has 1 heterocycles. The van der Waals surface area contributed by atoms with E-state index in [0.717, 1.165) is 6.92 Å². The summed E-state index contributed by atoms with van der Waals surface area (Å²) in [6.07, 6.45) is -3.88. The molecule has 6 heteroatoms. The van der Waals surface area contributed by atoms with Crippen molar-refractivity contribution in [2.24, 2.45) is 0 Å². The van der Waals surface area contributed by atoms with E-state index in [9.17, 15) is 18.3 Å². The molecule has 1 saturated heterocycles. The molecule has 0 amide bonds. The van der Waals surface area contributed by atoms with Crippen LogP contribution in [0.3, 0.4) is 0 Å². The predicted octanol–water partition coefficient (Wildman–Crippen LogP) is 1.02. The summed E-state index contributed by atoms with van der Waals surface area (Å²) in [4.78, 5) is 1.58. The molecule has 0 unspecified atom stereocenters. The van der Waals surface area contributed by atoms with E-state index in [4.69, 9.17) is 4.74 Å². The number of β-amino-alcohol motifs (C(OH)–C–C–N with tert-alkyl or cyclic N) is 1. The Kier molecular flexibility index (Phi) is 3.97. The summed E-state index contributed by atoms with van der Waals surface area (Å²) in [5.41, 5.74) is -2.64. The average Bonchev–Trinajstić information content (AvgIpc) is 2.30. The molecule has 15 heavy (non-hydrogen) atoms. The third kappa shape index (κ3) is 3.62. The first kappa shape index (κ1) is 12.7. The maximum atomic E-state index is 12.4. The fourth-order valence-corrected chi connectivity index (χ4v) is 1.48. The van der Waals surface area contributed by atoms with Crippen LogP contribution in [-0.2, 0) is 4.74 Å². The molecule has 1 N–H and O–H groups in total. The normalized spacial score (nSPS) is 24.6. The van der Waals surface area contributed by atoms with Crippen LogP contribution >= 0.6 is 0 Å². The highest BCUT2D eigenvalue weighted by molar-refractivity contribution is 4.85. The second kappa shape index (κ2) is 4.67. The largest absolute Gasteiger partial charge is 0.418 e. The molecule has 0 aromatic carbocycles. The van der Waals surface area contributed by atoms with Crippen molar-refractivity contribution in [1.29, 1.82) is 0 Å². The fourth-order valence-electron chi connectivity index (χ4n) is 1.48. The van der Waals surface area contributed by atoms with E-state index < -0.39 is 11.8 Å². The molecule has 0 saturated carbocycles. The highest BCUT2D eigenvalue weighted by Crippen LogP contribution is 2.30. The second-order valence-corrected chi connectivity index (χ2v) is 4.01. The molecule has 1 rings (SSSR count). The fraction of sp³-hybridized carbons (Fsp3) is 1.00. The molecule has 1 atom stereocenters. The van der Waals surface area contributed by atoms with Gasteiger partial charge in [0.05, 0.1) is 6.61 Å². The van der Waals surface area contributed by atoms with Crippen LogP contribution in [0.15, 0.2) is 0 Å². The van der Waals surface area contributed by atoms with Crippen LogP contribution in [0.1, 0.15) is 13.3 Å². The standard InChI is InChI=1S/C9H16F3NO2/c1-8(14,9(10,11)12)7-13-3-2-5-15-6-4-13/h14H,2-7H2,1H3/t8-/m0/s1. The van der Waals surface area contributed by atoms with Gasteiger partial charge in [0.25, 0.3) is 0 Å². The molecule has 0 radical (unpaired) electrons. The Morgan fingerprint density at radius 2 is 1.93 bits per heavy atom. The van der Waals surface area contributed by atoms with Crippen molar-refractivity contribution in [3.8, 4) is 0 Å². The molecule has 1 aliphatic rings. The summed E-state index contributed by atoms with van der Waals surface area (Å²) in [6, 6.07) is 0.